The number of rotatable bonds is 0. The predicted molar refractivity (Wildman–Crippen MR) is 36.4 cm³/mol. The van der Waals surface area contributed by atoms with Crippen molar-refractivity contribution in [1.82, 2.24) is 15.2 Å². The van der Waals surface area contributed by atoms with Crippen LogP contribution in [0.1, 0.15) is 0 Å². The molecule has 0 saturated carbocycles. The summed E-state index contributed by atoms with van der Waals surface area (Å²) in [6, 6.07) is 3.72. The summed E-state index contributed by atoms with van der Waals surface area (Å²) in [6.07, 6.45) is 5.15. The van der Waals surface area contributed by atoms with Crippen molar-refractivity contribution in [2.75, 3.05) is 0 Å². The van der Waals surface area contributed by atoms with Crippen LogP contribution in [0, 0.1) is 0 Å². The Kier molecular flexibility index (Phi) is 1.07. The van der Waals surface area contributed by atoms with E-state index in [1.54, 1.807) is 18.6 Å². The van der Waals surface area contributed by atoms with Crippen LogP contribution < -0.4 is 0 Å². The zero-order valence-electron chi connectivity index (χ0n) is 5.23. The maximum absolute atomic E-state index is 3.93. The van der Waals surface area contributed by atoms with Crippen LogP contribution in [0.25, 0.3) is 11.3 Å². The molecule has 10 heavy (non-hydrogen) atoms. The zero-order chi connectivity index (χ0) is 6.81. The van der Waals surface area contributed by atoms with Crippen LogP contribution in [0.2, 0.25) is 0 Å². The summed E-state index contributed by atoms with van der Waals surface area (Å²) < 4.78 is 0. The first-order chi connectivity index (χ1) is 4.97. The number of nitrogens with zero attached hydrogens (tertiary/aromatic N) is 3. The standard InChI is InChI=1S/C7H5N3/c1-3-8-4-2-7-6(1)5-9-10-7/h1-5H. The summed E-state index contributed by atoms with van der Waals surface area (Å²) in [5.41, 5.74) is 1.91. The summed E-state index contributed by atoms with van der Waals surface area (Å²) >= 11 is 0. The Hall–Kier alpha value is -1.51. The molecule has 0 aliphatic carbocycles. The third-order valence-electron chi connectivity index (χ3n) is 1.32. The average molecular weight is 131 g/mol. The van der Waals surface area contributed by atoms with Gasteiger partial charge in [0.2, 0.25) is 0 Å². The third-order valence-corrected chi connectivity index (χ3v) is 1.32. The van der Waals surface area contributed by atoms with Crippen LogP contribution in [0.3, 0.4) is 0 Å². The number of aromatic nitrogens is 3. The highest BCUT2D eigenvalue weighted by Gasteiger charge is 1.98. The molecule has 0 radical (unpaired) electrons. The number of hydrogen-bond acceptors (Lipinski definition) is 3. The second-order valence-corrected chi connectivity index (χ2v) is 1.97. The lowest BCUT2D eigenvalue weighted by Crippen LogP contribution is -1.67. The Bertz CT molecular complexity index is 280. The molecule has 0 N–H and O–H groups in total. The molecular formula is C7H5N3. The lowest BCUT2D eigenvalue weighted by atomic mass is 10.2. The van der Waals surface area contributed by atoms with Crippen molar-refractivity contribution in [3.05, 3.63) is 30.7 Å². The second-order valence-electron chi connectivity index (χ2n) is 1.97. The first-order valence-corrected chi connectivity index (χ1v) is 2.98. The van der Waals surface area contributed by atoms with Crippen LogP contribution in [-0.4, -0.2) is 15.2 Å². The van der Waals surface area contributed by atoms with Gasteiger partial charge in [-0.15, -0.1) is 0 Å². The highest BCUT2D eigenvalue weighted by atomic mass is 15.1. The summed E-state index contributed by atoms with van der Waals surface area (Å²) in [4.78, 5) is 3.93. The van der Waals surface area contributed by atoms with E-state index in [1.807, 2.05) is 12.1 Å². The van der Waals surface area contributed by atoms with Crippen molar-refractivity contribution >= 4 is 0 Å². The van der Waals surface area contributed by atoms with E-state index in [1.165, 1.54) is 0 Å². The van der Waals surface area contributed by atoms with E-state index in [4.69, 9.17) is 0 Å². The molecule has 3 heteroatoms. The largest absolute Gasteiger partial charge is 0.265 e. The molecule has 0 aromatic carbocycles. The molecule has 2 aliphatic heterocycles. The fourth-order valence-electron chi connectivity index (χ4n) is 0.822. The molecular weight excluding hydrogens is 126 g/mol. The van der Waals surface area contributed by atoms with Gasteiger partial charge in [-0.1, -0.05) is 0 Å². The molecule has 0 aromatic rings. The van der Waals surface area contributed by atoms with Gasteiger partial charge in [-0.2, -0.15) is 10.2 Å². The van der Waals surface area contributed by atoms with E-state index in [2.05, 4.69) is 15.2 Å². The van der Waals surface area contributed by atoms with Gasteiger partial charge >= 0.3 is 0 Å². The lowest BCUT2D eigenvalue weighted by Gasteiger charge is -1.80. The first-order valence-electron chi connectivity index (χ1n) is 2.98. The highest BCUT2D eigenvalue weighted by molar-refractivity contribution is 5.56. The van der Waals surface area contributed by atoms with Gasteiger partial charge < -0.3 is 0 Å². The summed E-state index contributed by atoms with van der Waals surface area (Å²) in [5, 5.41) is 7.62. The number of fused-ring (bicyclic) bond motifs is 1. The molecule has 2 rings (SSSR count). The Morgan fingerprint density at radius 1 is 1.10 bits per heavy atom. The van der Waals surface area contributed by atoms with E-state index in [0.717, 1.165) is 11.3 Å². The fourth-order valence-corrected chi connectivity index (χ4v) is 0.822. The van der Waals surface area contributed by atoms with E-state index in [9.17, 15) is 0 Å². The molecule has 0 aromatic heterocycles. The van der Waals surface area contributed by atoms with Gasteiger partial charge in [0.15, 0.2) is 0 Å². The average Bonchev–Trinajstić information content (AvgIpc) is 2.28. The minimum absolute atomic E-state index is 0.887. The van der Waals surface area contributed by atoms with Gasteiger partial charge in [0.25, 0.3) is 0 Å². The Morgan fingerprint density at radius 2 is 2.00 bits per heavy atom. The fraction of sp³-hybridized carbons (Fsp3) is 0. The smallest absolute Gasteiger partial charge is 0.0961 e. The molecule has 0 saturated heterocycles. The molecule has 0 unspecified atom stereocenters. The maximum atomic E-state index is 3.93. The van der Waals surface area contributed by atoms with Crippen LogP contribution in [0.15, 0.2) is 30.7 Å². The molecule has 0 bridgehead atoms. The van der Waals surface area contributed by atoms with E-state index in [0.29, 0.717) is 0 Å². The normalized spacial score (nSPS) is 10.0. The quantitative estimate of drug-likeness (QED) is 0.534. The van der Waals surface area contributed by atoms with Gasteiger partial charge in [0.05, 0.1) is 11.9 Å². The van der Waals surface area contributed by atoms with Crippen LogP contribution in [-0.2, 0) is 0 Å². The minimum atomic E-state index is 0.887. The van der Waals surface area contributed by atoms with E-state index in [-0.39, 0.29) is 0 Å². The van der Waals surface area contributed by atoms with Crippen molar-refractivity contribution in [3.8, 4) is 11.3 Å². The molecule has 2 aliphatic rings. The van der Waals surface area contributed by atoms with Crippen molar-refractivity contribution in [2.24, 2.45) is 0 Å². The predicted octanol–water partition coefficient (Wildman–Crippen LogP) is 0.976. The van der Waals surface area contributed by atoms with Gasteiger partial charge in [0.1, 0.15) is 0 Å². The van der Waals surface area contributed by atoms with Crippen LogP contribution in [0.4, 0.5) is 0 Å². The molecule has 0 atom stereocenters. The maximum Gasteiger partial charge on any atom is 0.0961 e. The van der Waals surface area contributed by atoms with E-state index < -0.39 is 0 Å². The van der Waals surface area contributed by atoms with Crippen molar-refractivity contribution in [1.29, 1.82) is 0 Å². The van der Waals surface area contributed by atoms with Crippen molar-refractivity contribution < 1.29 is 0 Å². The molecule has 2 heterocycles. The summed E-state index contributed by atoms with van der Waals surface area (Å²) in [6.45, 7) is 0. The molecule has 0 amide bonds. The van der Waals surface area contributed by atoms with Crippen molar-refractivity contribution in [2.45, 2.75) is 0 Å². The monoisotopic (exact) mass is 131 g/mol. The number of hydrogen-bond donors (Lipinski definition) is 0. The summed E-state index contributed by atoms with van der Waals surface area (Å²) in [5.74, 6) is 0. The molecule has 3 nitrogen and oxygen atoms in total. The lowest BCUT2D eigenvalue weighted by molar-refractivity contribution is 1.10. The van der Waals surface area contributed by atoms with E-state index >= 15 is 0 Å². The first kappa shape index (κ1) is 5.29. The van der Waals surface area contributed by atoms with Gasteiger partial charge in [-0.05, 0) is 12.1 Å². The molecule has 48 valence electrons. The summed E-state index contributed by atoms with van der Waals surface area (Å²) in [7, 11) is 0. The second kappa shape index (κ2) is 2.02. The topological polar surface area (TPSA) is 38.7 Å². The zero-order valence-corrected chi connectivity index (χ0v) is 5.23. The van der Waals surface area contributed by atoms with Crippen molar-refractivity contribution in [3.63, 3.8) is 0 Å². The molecule has 0 fully saturated rings. The minimum Gasteiger partial charge on any atom is -0.265 e. The van der Waals surface area contributed by atoms with Gasteiger partial charge in [0, 0.05) is 18.0 Å². The Labute approximate surface area is 58.1 Å². The van der Waals surface area contributed by atoms with Gasteiger partial charge in [-0.3, -0.25) is 4.98 Å². The Balaban J connectivity index is 2.74. The Morgan fingerprint density at radius 3 is 3.00 bits per heavy atom. The third kappa shape index (κ3) is 0.719. The highest BCUT2D eigenvalue weighted by Crippen LogP contribution is 2.13. The SMILES string of the molecule is c1cc2cnnc-2ccn1. The molecule has 0 spiro atoms. The van der Waals surface area contributed by atoms with Crippen LogP contribution in [0.5, 0.6) is 0 Å². The van der Waals surface area contributed by atoms with Gasteiger partial charge in [-0.25, -0.2) is 0 Å². The van der Waals surface area contributed by atoms with Crippen LogP contribution >= 0.6 is 0 Å².